The van der Waals surface area contributed by atoms with Gasteiger partial charge < -0.3 is 10.1 Å². The van der Waals surface area contributed by atoms with Crippen LogP contribution in [-0.2, 0) is 6.61 Å². The van der Waals surface area contributed by atoms with Gasteiger partial charge in [-0.1, -0.05) is 13.0 Å². The minimum atomic E-state index is -0.271. The highest BCUT2D eigenvalue weighted by Gasteiger charge is 2.02. The molecule has 0 saturated heterocycles. The Bertz CT molecular complexity index is 558. The third kappa shape index (κ3) is 3.91. The van der Waals surface area contributed by atoms with Crippen molar-refractivity contribution in [2.24, 2.45) is 0 Å². The van der Waals surface area contributed by atoms with E-state index in [1.54, 1.807) is 31.5 Å². The molecule has 2 rings (SSSR count). The van der Waals surface area contributed by atoms with E-state index in [1.165, 1.54) is 6.07 Å². The largest absolute Gasteiger partial charge is 0.487 e. The van der Waals surface area contributed by atoms with Crippen LogP contribution in [0.5, 0.6) is 5.75 Å². The lowest BCUT2D eigenvalue weighted by Gasteiger charge is -2.07. The van der Waals surface area contributed by atoms with Crippen LogP contribution in [-0.4, -0.2) is 16.5 Å². The van der Waals surface area contributed by atoms with Crippen molar-refractivity contribution in [3.8, 4) is 5.75 Å². The molecule has 1 aromatic heterocycles. The van der Waals surface area contributed by atoms with E-state index in [0.29, 0.717) is 17.0 Å². The molecule has 0 fully saturated rings. The van der Waals surface area contributed by atoms with Gasteiger partial charge in [0.15, 0.2) is 0 Å². The van der Waals surface area contributed by atoms with Crippen LogP contribution in [0.2, 0.25) is 0 Å². The minimum absolute atomic E-state index is 0.267. The maximum absolute atomic E-state index is 13.4. The van der Waals surface area contributed by atoms with Gasteiger partial charge in [0.05, 0.1) is 18.1 Å². The van der Waals surface area contributed by atoms with Crippen LogP contribution >= 0.6 is 0 Å². The number of anilines is 1. The van der Waals surface area contributed by atoms with Crippen molar-refractivity contribution in [1.82, 2.24) is 9.97 Å². The van der Waals surface area contributed by atoms with E-state index in [-0.39, 0.29) is 12.4 Å². The average molecular weight is 275 g/mol. The van der Waals surface area contributed by atoms with E-state index in [0.717, 1.165) is 18.8 Å². The lowest BCUT2D eigenvalue weighted by molar-refractivity contribution is 0.299. The van der Waals surface area contributed by atoms with Crippen molar-refractivity contribution in [3.05, 3.63) is 47.7 Å². The predicted molar refractivity (Wildman–Crippen MR) is 76.3 cm³/mol. The molecule has 1 heterocycles. The van der Waals surface area contributed by atoms with Crippen LogP contribution < -0.4 is 10.1 Å². The number of nitrogens with one attached hydrogen (secondary N) is 1. The van der Waals surface area contributed by atoms with Crippen molar-refractivity contribution in [3.63, 3.8) is 0 Å². The van der Waals surface area contributed by atoms with E-state index in [2.05, 4.69) is 22.2 Å². The summed E-state index contributed by atoms with van der Waals surface area (Å²) in [6.07, 6.45) is 4.36. The Kier molecular flexibility index (Phi) is 4.87. The minimum Gasteiger partial charge on any atom is -0.487 e. The first-order chi connectivity index (χ1) is 9.69. The fraction of sp³-hybridized carbons (Fsp3) is 0.333. The van der Waals surface area contributed by atoms with Crippen molar-refractivity contribution in [2.75, 3.05) is 11.9 Å². The van der Waals surface area contributed by atoms with E-state index < -0.39 is 0 Å². The second-order valence-corrected chi connectivity index (χ2v) is 4.52. The molecule has 2 aromatic rings. The van der Waals surface area contributed by atoms with Crippen LogP contribution in [0.25, 0.3) is 0 Å². The van der Waals surface area contributed by atoms with Crippen molar-refractivity contribution < 1.29 is 9.13 Å². The molecule has 106 valence electrons. The number of hydrogen-bond donors (Lipinski definition) is 1. The fourth-order valence-corrected chi connectivity index (χ4v) is 1.59. The molecule has 4 nitrogen and oxygen atoms in total. The Balaban J connectivity index is 1.91. The molecule has 0 bridgehead atoms. The average Bonchev–Trinajstić information content (AvgIpc) is 2.47. The summed E-state index contributed by atoms with van der Waals surface area (Å²) in [6.45, 7) is 4.94. The molecule has 0 aliphatic heterocycles. The quantitative estimate of drug-likeness (QED) is 0.878. The Hall–Kier alpha value is -2.17. The predicted octanol–water partition coefficient (Wildman–Crippen LogP) is 3.33. The normalized spacial score (nSPS) is 10.3. The SMILES string of the molecule is CCCNc1cnc(COc2ccc(C)c(F)c2)cn1. The van der Waals surface area contributed by atoms with Gasteiger partial charge in [0.2, 0.25) is 0 Å². The molecule has 0 saturated carbocycles. The van der Waals surface area contributed by atoms with Gasteiger partial charge in [-0.05, 0) is 25.0 Å². The van der Waals surface area contributed by atoms with Gasteiger partial charge >= 0.3 is 0 Å². The zero-order valence-electron chi connectivity index (χ0n) is 11.7. The Morgan fingerprint density at radius 3 is 2.75 bits per heavy atom. The summed E-state index contributed by atoms with van der Waals surface area (Å²) in [5, 5.41) is 3.15. The molecule has 0 amide bonds. The highest BCUT2D eigenvalue weighted by molar-refractivity contribution is 5.31. The number of halogens is 1. The first-order valence-electron chi connectivity index (χ1n) is 6.62. The van der Waals surface area contributed by atoms with Gasteiger partial charge in [0, 0.05) is 12.6 Å². The van der Waals surface area contributed by atoms with Crippen molar-refractivity contribution in [2.45, 2.75) is 26.9 Å². The summed E-state index contributed by atoms with van der Waals surface area (Å²) in [5.74, 6) is 0.966. The molecule has 5 heteroatoms. The molecular weight excluding hydrogens is 257 g/mol. The molecule has 0 aliphatic carbocycles. The molecule has 20 heavy (non-hydrogen) atoms. The summed E-state index contributed by atoms with van der Waals surface area (Å²) < 4.78 is 18.8. The molecule has 1 aromatic carbocycles. The zero-order valence-corrected chi connectivity index (χ0v) is 11.7. The van der Waals surface area contributed by atoms with Crippen LogP contribution in [0.15, 0.2) is 30.6 Å². The Morgan fingerprint density at radius 2 is 2.10 bits per heavy atom. The highest BCUT2D eigenvalue weighted by Crippen LogP contribution is 2.16. The lowest BCUT2D eigenvalue weighted by Crippen LogP contribution is -2.04. The second kappa shape index (κ2) is 6.84. The lowest BCUT2D eigenvalue weighted by atomic mass is 10.2. The highest BCUT2D eigenvalue weighted by atomic mass is 19.1. The first kappa shape index (κ1) is 14.2. The van der Waals surface area contributed by atoms with Gasteiger partial charge in [-0.25, -0.2) is 9.37 Å². The molecule has 1 N–H and O–H groups in total. The number of benzene rings is 1. The first-order valence-corrected chi connectivity index (χ1v) is 6.62. The Labute approximate surface area is 118 Å². The second-order valence-electron chi connectivity index (χ2n) is 4.52. The van der Waals surface area contributed by atoms with Gasteiger partial charge in [0.1, 0.15) is 24.0 Å². The van der Waals surface area contributed by atoms with E-state index >= 15 is 0 Å². The van der Waals surface area contributed by atoms with Crippen molar-refractivity contribution in [1.29, 1.82) is 0 Å². The van der Waals surface area contributed by atoms with E-state index in [9.17, 15) is 4.39 Å². The number of rotatable bonds is 6. The molecule has 0 aliphatic rings. The van der Waals surface area contributed by atoms with E-state index in [1.807, 2.05) is 0 Å². The summed E-state index contributed by atoms with van der Waals surface area (Å²) in [4.78, 5) is 8.48. The van der Waals surface area contributed by atoms with Gasteiger partial charge in [0.25, 0.3) is 0 Å². The smallest absolute Gasteiger partial charge is 0.144 e. The van der Waals surface area contributed by atoms with Crippen LogP contribution in [0.3, 0.4) is 0 Å². The number of aryl methyl sites for hydroxylation is 1. The van der Waals surface area contributed by atoms with E-state index in [4.69, 9.17) is 4.74 Å². The summed E-state index contributed by atoms with van der Waals surface area (Å²) >= 11 is 0. The van der Waals surface area contributed by atoms with Crippen LogP contribution in [0.4, 0.5) is 10.2 Å². The molecular formula is C15H18FN3O. The molecule has 0 radical (unpaired) electrons. The number of nitrogens with zero attached hydrogens (tertiary/aromatic N) is 2. The molecule has 0 atom stereocenters. The van der Waals surface area contributed by atoms with Crippen LogP contribution in [0.1, 0.15) is 24.6 Å². The summed E-state index contributed by atoms with van der Waals surface area (Å²) in [5.41, 5.74) is 1.30. The van der Waals surface area contributed by atoms with Crippen LogP contribution in [0, 0.1) is 12.7 Å². The summed E-state index contributed by atoms with van der Waals surface area (Å²) in [7, 11) is 0. The van der Waals surface area contributed by atoms with Crippen molar-refractivity contribution >= 4 is 5.82 Å². The summed E-state index contributed by atoms with van der Waals surface area (Å²) in [6, 6.07) is 4.80. The van der Waals surface area contributed by atoms with Gasteiger partial charge in [-0.2, -0.15) is 0 Å². The standard InChI is InChI=1S/C15H18FN3O/c1-3-6-17-15-9-18-12(8-19-15)10-20-13-5-4-11(2)14(16)7-13/h4-5,7-9H,3,6,10H2,1-2H3,(H,17,19). The topological polar surface area (TPSA) is 47.0 Å². The number of hydrogen-bond acceptors (Lipinski definition) is 4. The molecule has 0 unspecified atom stereocenters. The maximum Gasteiger partial charge on any atom is 0.144 e. The number of ether oxygens (including phenoxy) is 1. The monoisotopic (exact) mass is 275 g/mol. The third-order valence-corrected chi connectivity index (χ3v) is 2.79. The number of aromatic nitrogens is 2. The Morgan fingerprint density at radius 1 is 1.25 bits per heavy atom. The fourth-order valence-electron chi connectivity index (χ4n) is 1.59. The molecule has 0 spiro atoms. The zero-order chi connectivity index (χ0) is 14.4. The van der Waals surface area contributed by atoms with Gasteiger partial charge in [-0.3, -0.25) is 4.98 Å². The van der Waals surface area contributed by atoms with Gasteiger partial charge in [-0.15, -0.1) is 0 Å². The third-order valence-electron chi connectivity index (χ3n) is 2.79. The maximum atomic E-state index is 13.4.